The van der Waals surface area contributed by atoms with Crippen LogP contribution >= 0.6 is 11.8 Å². The molecule has 1 heterocycles. The Balaban J connectivity index is 1.82. The second-order valence-electron chi connectivity index (χ2n) is 7.01. The summed E-state index contributed by atoms with van der Waals surface area (Å²) in [6.07, 6.45) is 0. The molecule has 1 aliphatic rings. The molecule has 5 nitrogen and oxygen atoms in total. The van der Waals surface area contributed by atoms with Gasteiger partial charge in [0.1, 0.15) is 11.4 Å². The first-order valence-corrected chi connectivity index (χ1v) is 10.5. The van der Waals surface area contributed by atoms with E-state index < -0.39 is 6.04 Å². The summed E-state index contributed by atoms with van der Waals surface area (Å²) in [4.78, 5) is 29.1. The lowest BCUT2D eigenvalue weighted by atomic mass is 10.1. The van der Waals surface area contributed by atoms with Crippen molar-refractivity contribution in [3.63, 3.8) is 0 Å². The average molecular weight is 399 g/mol. The number of aryl methyl sites for hydroxylation is 1. The highest BCUT2D eigenvalue weighted by Crippen LogP contribution is 2.42. The smallest absolute Gasteiger partial charge is 0.246 e. The summed E-state index contributed by atoms with van der Waals surface area (Å²) < 4.78 is 0. The molecule has 1 saturated heterocycles. The van der Waals surface area contributed by atoms with Crippen molar-refractivity contribution in [1.82, 2.24) is 9.80 Å². The van der Waals surface area contributed by atoms with Gasteiger partial charge in [0.25, 0.3) is 0 Å². The van der Waals surface area contributed by atoms with E-state index in [1.807, 2.05) is 61.5 Å². The molecule has 0 spiro atoms. The van der Waals surface area contributed by atoms with Crippen molar-refractivity contribution >= 4 is 23.6 Å². The van der Waals surface area contributed by atoms with E-state index in [1.165, 1.54) is 6.92 Å². The zero-order valence-corrected chi connectivity index (χ0v) is 17.1. The minimum Gasteiger partial charge on any atom is -0.395 e. The van der Waals surface area contributed by atoms with Crippen molar-refractivity contribution in [2.45, 2.75) is 31.8 Å². The van der Waals surface area contributed by atoms with Crippen molar-refractivity contribution in [3.05, 3.63) is 71.3 Å². The maximum absolute atomic E-state index is 13.3. The number of thioether (sulfide) groups is 1. The van der Waals surface area contributed by atoms with Crippen LogP contribution in [0.4, 0.5) is 0 Å². The monoisotopic (exact) mass is 398 g/mol. The van der Waals surface area contributed by atoms with E-state index in [4.69, 9.17) is 0 Å². The second-order valence-corrected chi connectivity index (χ2v) is 8.12. The molecule has 2 aromatic carbocycles. The van der Waals surface area contributed by atoms with Gasteiger partial charge in [-0.2, -0.15) is 0 Å². The summed E-state index contributed by atoms with van der Waals surface area (Å²) in [6, 6.07) is 17.3. The van der Waals surface area contributed by atoms with E-state index in [1.54, 1.807) is 21.6 Å². The van der Waals surface area contributed by atoms with Crippen molar-refractivity contribution in [2.24, 2.45) is 0 Å². The number of carbonyl (C=O) groups is 2. The molecule has 2 amide bonds. The van der Waals surface area contributed by atoms with Gasteiger partial charge in [-0.05, 0) is 18.1 Å². The highest BCUT2D eigenvalue weighted by atomic mass is 32.2. The van der Waals surface area contributed by atoms with E-state index in [0.29, 0.717) is 12.3 Å². The Hall–Kier alpha value is -2.31. The number of hydrogen-bond donors (Lipinski definition) is 1. The molecule has 1 aliphatic heterocycles. The molecule has 0 radical (unpaired) electrons. The summed E-state index contributed by atoms with van der Waals surface area (Å²) in [6.45, 7) is 4.09. The Morgan fingerprint density at radius 3 is 2.43 bits per heavy atom. The highest BCUT2D eigenvalue weighted by molar-refractivity contribution is 7.99. The topological polar surface area (TPSA) is 60.9 Å². The third kappa shape index (κ3) is 4.56. The maximum atomic E-state index is 13.3. The Morgan fingerprint density at radius 1 is 1.14 bits per heavy atom. The van der Waals surface area contributed by atoms with Crippen LogP contribution in [-0.4, -0.2) is 51.7 Å². The van der Waals surface area contributed by atoms with Crippen LogP contribution in [0.3, 0.4) is 0 Å². The minimum absolute atomic E-state index is 0.111. The standard InChI is InChI=1S/C22H26N2O3S/c1-16-8-10-19(11-9-16)22-24(17(2)26)20(15-28-22)21(27)23(12-13-25)14-18-6-4-3-5-7-18/h3-11,20,22,25H,12-15H2,1-2H3. The molecule has 0 bridgehead atoms. The number of rotatable bonds is 6. The number of aliphatic hydroxyl groups is 1. The molecule has 2 aromatic rings. The summed E-state index contributed by atoms with van der Waals surface area (Å²) in [7, 11) is 0. The van der Waals surface area contributed by atoms with Gasteiger partial charge in [0.2, 0.25) is 11.8 Å². The quantitative estimate of drug-likeness (QED) is 0.813. The number of benzene rings is 2. The van der Waals surface area contributed by atoms with Crippen LogP contribution in [0.1, 0.15) is 29.0 Å². The van der Waals surface area contributed by atoms with Gasteiger partial charge in [-0.3, -0.25) is 9.59 Å². The highest BCUT2D eigenvalue weighted by Gasteiger charge is 2.42. The van der Waals surface area contributed by atoms with Crippen molar-refractivity contribution in [2.75, 3.05) is 18.9 Å². The SMILES string of the molecule is CC(=O)N1C(C(=O)N(CCO)Cc2ccccc2)CSC1c1ccc(C)cc1. The first-order chi connectivity index (χ1) is 13.5. The summed E-state index contributed by atoms with van der Waals surface area (Å²) in [5.41, 5.74) is 3.18. The molecule has 6 heteroatoms. The van der Waals surface area contributed by atoms with E-state index in [9.17, 15) is 14.7 Å². The lowest BCUT2D eigenvalue weighted by Gasteiger charge is -2.32. The molecule has 0 saturated carbocycles. The zero-order chi connectivity index (χ0) is 20.1. The van der Waals surface area contributed by atoms with Crippen LogP contribution < -0.4 is 0 Å². The molecule has 0 aromatic heterocycles. The summed E-state index contributed by atoms with van der Waals surface area (Å²) in [5, 5.41) is 9.29. The fourth-order valence-electron chi connectivity index (χ4n) is 3.47. The molecular formula is C22H26N2O3S. The predicted molar refractivity (Wildman–Crippen MR) is 112 cm³/mol. The lowest BCUT2D eigenvalue weighted by Crippen LogP contribution is -2.49. The van der Waals surface area contributed by atoms with Gasteiger partial charge in [0.05, 0.1) is 6.61 Å². The van der Waals surface area contributed by atoms with Crippen LogP contribution in [0.15, 0.2) is 54.6 Å². The molecule has 148 valence electrons. The minimum atomic E-state index is -0.524. The third-order valence-corrected chi connectivity index (χ3v) is 6.23. The zero-order valence-electron chi connectivity index (χ0n) is 16.2. The molecule has 1 fully saturated rings. The maximum Gasteiger partial charge on any atom is 0.246 e. The molecule has 0 aliphatic carbocycles. The summed E-state index contributed by atoms with van der Waals surface area (Å²) >= 11 is 1.61. The number of aliphatic hydroxyl groups excluding tert-OH is 1. The normalized spacial score (nSPS) is 18.9. The number of hydrogen-bond acceptors (Lipinski definition) is 4. The first-order valence-electron chi connectivity index (χ1n) is 9.42. The van der Waals surface area contributed by atoms with Gasteiger partial charge in [0.15, 0.2) is 0 Å². The van der Waals surface area contributed by atoms with E-state index in [2.05, 4.69) is 0 Å². The lowest BCUT2D eigenvalue weighted by molar-refractivity contribution is -0.144. The number of nitrogens with zero attached hydrogens (tertiary/aromatic N) is 2. The van der Waals surface area contributed by atoms with Gasteiger partial charge in [-0.15, -0.1) is 11.8 Å². The van der Waals surface area contributed by atoms with Crippen molar-refractivity contribution in [1.29, 1.82) is 0 Å². The predicted octanol–water partition coefficient (Wildman–Crippen LogP) is 2.98. The molecular weight excluding hydrogens is 372 g/mol. The molecule has 2 unspecified atom stereocenters. The number of amides is 2. The molecule has 28 heavy (non-hydrogen) atoms. The van der Waals surface area contributed by atoms with Crippen LogP contribution in [0, 0.1) is 6.92 Å². The van der Waals surface area contributed by atoms with Crippen LogP contribution in [-0.2, 0) is 16.1 Å². The largest absolute Gasteiger partial charge is 0.395 e. The van der Waals surface area contributed by atoms with Crippen LogP contribution in [0.25, 0.3) is 0 Å². The second kappa shape index (κ2) is 9.26. The van der Waals surface area contributed by atoms with Gasteiger partial charge in [0, 0.05) is 25.8 Å². The third-order valence-electron chi connectivity index (χ3n) is 4.91. The van der Waals surface area contributed by atoms with Crippen LogP contribution in [0.2, 0.25) is 0 Å². The van der Waals surface area contributed by atoms with E-state index >= 15 is 0 Å². The van der Waals surface area contributed by atoms with E-state index in [-0.39, 0.29) is 30.3 Å². The van der Waals surface area contributed by atoms with Crippen LogP contribution in [0.5, 0.6) is 0 Å². The van der Waals surface area contributed by atoms with Gasteiger partial charge in [-0.25, -0.2) is 0 Å². The summed E-state index contributed by atoms with van der Waals surface area (Å²) in [5.74, 6) is 0.320. The van der Waals surface area contributed by atoms with Crippen molar-refractivity contribution in [3.8, 4) is 0 Å². The van der Waals surface area contributed by atoms with Gasteiger partial charge in [-0.1, -0.05) is 60.2 Å². The Labute approximate surface area is 170 Å². The molecule has 2 atom stereocenters. The Morgan fingerprint density at radius 2 is 1.82 bits per heavy atom. The van der Waals surface area contributed by atoms with E-state index in [0.717, 1.165) is 16.7 Å². The average Bonchev–Trinajstić information content (AvgIpc) is 3.14. The fraction of sp³-hybridized carbons (Fsp3) is 0.364. The first kappa shape index (κ1) is 20.4. The van der Waals surface area contributed by atoms with Crippen molar-refractivity contribution < 1.29 is 14.7 Å². The number of carbonyl (C=O) groups excluding carboxylic acids is 2. The van der Waals surface area contributed by atoms with Gasteiger partial charge < -0.3 is 14.9 Å². The van der Waals surface area contributed by atoms with Gasteiger partial charge >= 0.3 is 0 Å². The fourth-order valence-corrected chi connectivity index (χ4v) is 4.94. The molecule has 1 N–H and O–H groups in total. The Kier molecular flexibility index (Phi) is 6.75. The Bertz CT molecular complexity index is 810. The molecule has 3 rings (SSSR count).